The van der Waals surface area contributed by atoms with E-state index in [0.29, 0.717) is 16.3 Å². The number of halogens is 1. The molecule has 1 aliphatic carbocycles. The van der Waals surface area contributed by atoms with E-state index in [9.17, 15) is 9.59 Å². The van der Waals surface area contributed by atoms with Gasteiger partial charge in [0.25, 0.3) is 5.91 Å². The van der Waals surface area contributed by atoms with Crippen molar-refractivity contribution in [2.75, 3.05) is 17.2 Å². The van der Waals surface area contributed by atoms with Crippen LogP contribution in [0.2, 0.25) is 5.02 Å². The third-order valence-electron chi connectivity index (χ3n) is 4.66. The Morgan fingerprint density at radius 1 is 0.963 bits per heavy atom. The van der Waals surface area contributed by atoms with Crippen LogP contribution in [0.25, 0.3) is 0 Å². The first-order chi connectivity index (χ1) is 13.1. The number of amides is 2. The minimum absolute atomic E-state index is 0.0974. The van der Waals surface area contributed by atoms with E-state index in [4.69, 9.17) is 11.6 Å². The Morgan fingerprint density at radius 3 is 2.44 bits per heavy atom. The minimum Gasteiger partial charge on any atom is -0.376 e. The Kier molecular flexibility index (Phi) is 6.71. The van der Waals surface area contributed by atoms with E-state index in [0.717, 1.165) is 31.4 Å². The van der Waals surface area contributed by atoms with Crippen molar-refractivity contribution in [3.05, 3.63) is 59.1 Å². The van der Waals surface area contributed by atoms with Crippen molar-refractivity contribution >= 4 is 34.8 Å². The lowest BCUT2D eigenvalue weighted by Gasteiger charge is -2.23. The first-order valence-corrected chi connectivity index (χ1v) is 9.69. The quantitative estimate of drug-likeness (QED) is 0.687. The Balaban J connectivity index is 1.57. The van der Waals surface area contributed by atoms with Gasteiger partial charge in [0, 0.05) is 17.4 Å². The van der Waals surface area contributed by atoms with Crippen LogP contribution in [0.15, 0.2) is 48.5 Å². The summed E-state index contributed by atoms with van der Waals surface area (Å²) in [7, 11) is 0. The van der Waals surface area contributed by atoms with Gasteiger partial charge >= 0.3 is 0 Å². The second kappa shape index (κ2) is 9.42. The molecule has 6 heteroatoms. The zero-order chi connectivity index (χ0) is 19.1. The molecule has 142 valence electrons. The van der Waals surface area contributed by atoms with Gasteiger partial charge < -0.3 is 16.0 Å². The van der Waals surface area contributed by atoms with Gasteiger partial charge in [-0.3, -0.25) is 9.59 Å². The monoisotopic (exact) mass is 385 g/mol. The first kappa shape index (κ1) is 19.2. The zero-order valence-electron chi connectivity index (χ0n) is 15.1. The lowest BCUT2D eigenvalue weighted by molar-refractivity contribution is -0.114. The molecule has 1 fully saturated rings. The van der Waals surface area contributed by atoms with Crippen molar-refractivity contribution in [1.29, 1.82) is 0 Å². The third-order valence-corrected chi connectivity index (χ3v) is 4.99. The fourth-order valence-corrected chi connectivity index (χ4v) is 3.43. The molecular formula is C21H24ClN3O2. The standard InChI is InChI=1S/C21H24ClN3O2/c22-19-12-11-17(23-14-20(26)24-15-7-3-1-4-8-15)13-18(19)21(27)25-16-9-5-2-6-10-16/h1,3-4,7-8,11-13,16,23H,2,5-6,9-10,14H2,(H,24,26)(H,25,27). The summed E-state index contributed by atoms with van der Waals surface area (Å²) in [5, 5.41) is 9.32. The van der Waals surface area contributed by atoms with E-state index in [1.807, 2.05) is 30.3 Å². The van der Waals surface area contributed by atoms with E-state index in [1.165, 1.54) is 6.42 Å². The third kappa shape index (κ3) is 5.73. The van der Waals surface area contributed by atoms with Gasteiger partial charge in [0.05, 0.1) is 17.1 Å². The van der Waals surface area contributed by atoms with Crippen LogP contribution in [0.1, 0.15) is 42.5 Å². The van der Waals surface area contributed by atoms with Crippen LogP contribution in [0.3, 0.4) is 0 Å². The predicted octanol–water partition coefficient (Wildman–Crippen LogP) is 4.45. The highest BCUT2D eigenvalue weighted by Gasteiger charge is 2.18. The van der Waals surface area contributed by atoms with E-state index >= 15 is 0 Å². The molecule has 2 amide bonds. The molecule has 0 unspecified atom stereocenters. The number of anilines is 2. The highest BCUT2D eigenvalue weighted by atomic mass is 35.5. The highest BCUT2D eigenvalue weighted by Crippen LogP contribution is 2.22. The second-order valence-corrected chi connectivity index (χ2v) is 7.18. The fraction of sp³-hybridized carbons (Fsp3) is 0.333. The van der Waals surface area contributed by atoms with E-state index in [2.05, 4.69) is 16.0 Å². The van der Waals surface area contributed by atoms with Crippen molar-refractivity contribution in [3.63, 3.8) is 0 Å². The number of carbonyl (C=O) groups excluding carboxylic acids is 2. The number of hydrogen-bond acceptors (Lipinski definition) is 3. The SMILES string of the molecule is O=C(CNc1ccc(Cl)c(C(=O)NC2CCCCC2)c1)Nc1ccccc1. The van der Waals surface area contributed by atoms with Gasteiger partial charge in [-0.1, -0.05) is 49.1 Å². The summed E-state index contributed by atoms with van der Waals surface area (Å²) in [5.74, 6) is -0.325. The zero-order valence-corrected chi connectivity index (χ0v) is 15.9. The van der Waals surface area contributed by atoms with Gasteiger partial charge in [-0.2, -0.15) is 0 Å². The Hall–Kier alpha value is -2.53. The Labute approximate surface area is 164 Å². The molecule has 0 saturated heterocycles. The molecule has 1 aliphatic rings. The summed E-state index contributed by atoms with van der Waals surface area (Å²) in [6, 6.07) is 14.6. The topological polar surface area (TPSA) is 70.2 Å². The van der Waals surface area contributed by atoms with Crippen LogP contribution >= 0.6 is 11.6 Å². The van der Waals surface area contributed by atoms with Gasteiger partial charge in [-0.05, 0) is 43.2 Å². The van der Waals surface area contributed by atoms with Crippen molar-refractivity contribution in [1.82, 2.24) is 5.32 Å². The summed E-state index contributed by atoms with van der Waals surface area (Å²) in [4.78, 5) is 24.6. The molecule has 2 aromatic rings. The normalized spacial score (nSPS) is 14.4. The van der Waals surface area contributed by atoms with Gasteiger partial charge in [0.15, 0.2) is 0 Å². The van der Waals surface area contributed by atoms with Gasteiger partial charge in [-0.25, -0.2) is 0 Å². The number of nitrogens with one attached hydrogen (secondary N) is 3. The first-order valence-electron chi connectivity index (χ1n) is 9.31. The molecule has 1 saturated carbocycles. The molecule has 0 radical (unpaired) electrons. The van der Waals surface area contributed by atoms with Gasteiger partial charge in [0.1, 0.15) is 0 Å². The molecule has 27 heavy (non-hydrogen) atoms. The number of benzene rings is 2. The van der Waals surface area contributed by atoms with Crippen LogP contribution < -0.4 is 16.0 Å². The summed E-state index contributed by atoms with van der Waals surface area (Å²) in [6.07, 6.45) is 5.56. The molecule has 0 aliphatic heterocycles. The van der Waals surface area contributed by atoms with Gasteiger partial charge in [0.2, 0.25) is 5.91 Å². The van der Waals surface area contributed by atoms with Crippen molar-refractivity contribution in [3.8, 4) is 0 Å². The van der Waals surface area contributed by atoms with Crippen LogP contribution in [-0.2, 0) is 4.79 Å². The number of hydrogen-bond donors (Lipinski definition) is 3. The average molecular weight is 386 g/mol. The molecule has 0 heterocycles. The molecule has 0 bridgehead atoms. The molecule has 3 rings (SSSR count). The van der Waals surface area contributed by atoms with Crippen molar-refractivity contribution in [2.24, 2.45) is 0 Å². The molecule has 0 spiro atoms. The molecule has 0 atom stereocenters. The van der Waals surface area contributed by atoms with E-state index in [-0.39, 0.29) is 24.4 Å². The molecule has 2 aromatic carbocycles. The highest BCUT2D eigenvalue weighted by molar-refractivity contribution is 6.34. The predicted molar refractivity (Wildman–Crippen MR) is 109 cm³/mol. The Morgan fingerprint density at radius 2 is 1.70 bits per heavy atom. The van der Waals surface area contributed by atoms with E-state index in [1.54, 1.807) is 18.2 Å². The minimum atomic E-state index is -0.163. The van der Waals surface area contributed by atoms with Gasteiger partial charge in [-0.15, -0.1) is 0 Å². The van der Waals surface area contributed by atoms with Crippen LogP contribution in [0, 0.1) is 0 Å². The lowest BCUT2D eigenvalue weighted by atomic mass is 9.95. The summed E-state index contributed by atoms with van der Waals surface area (Å²) >= 11 is 6.21. The maximum Gasteiger partial charge on any atom is 0.253 e. The lowest BCUT2D eigenvalue weighted by Crippen LogP contribution is -2.36. The number of carbonyl (C=O) groups is 2. The summed E-state index contributed by atoms with van der Waals surface area (Å²) < 4.78 is 0. The van der Waals surface area contributed by atoms with Crippen LogP contribution in [-0.4, -0.2) is 24.4 Å². The number of para-hydroxylation sites is 1. The fourth-order valence-electron chi connectivity index (χ4n) is 3.23. The second-order valence-electron chi connectivity index (χ2n) is 6.77. The van der Waals surface area contributed by atoms with E-state index < -0.39 is 0 Å². The van der Waals surface area contributed by atoms with Crippen molar-refractivity contribution < 1.29 is 9.59 Å². The largest absolute Gasteiger partial charge is 0.376 e. The molecule has 3 N–H and O–H groups in total. The maximum atomic E-state index is 12.6. The molecular weight excluding hydrogens is 362 g/mol. The van der Waals surface area contributed by atoms with Crippen LogP contribution in [0.5, 0.6) is 0 Å². The summed E-state index contributed by atoms with van der Waals surface area (Å²) in [5.41, 5.74) is 1.85. The average Bonchev–Trinajstić information content (AvgIpc) is 2.69. The smallest absolute Gasteiger partial charge is 0.253 e. The number of rotatable bonds is 6. The summed E-state index contributed by atoms with van der Waals surface area (Å²) in [6.45, 7) is 0.0974. The molecule has 0 aromatic heterocycles. The molecule has 5 nitrogen and oxygen atoms in total. The Bertz CT molecular complexity index is 789. The van der Waals surface area contributed by atoms with Crippen molar-refractivity contribution in [2.45, 2.75) is 38.1 Å². The maximum absolute atomic E-state index is 12.6. The van der Waals surface area contributed by atoms with Crippen LogP contribution in [0.4, 0.5) is 11.4 Å².